The molecule has 2 rings (SSSR count). The first-order chi connectivity index (χ1) is 10.5. The molecule has 0 saturated heterocycles. The third kappa shape index (κ3) is 4.73. The highest BCUT2D eigenvalue weighted by atomic mass is 35.5. The van der Waals surface area contributed by atoms with Gasteiger partial charge >= 0.3 is 0 Å². The molecule has 0 aliphatic heterocycles. The van der Waals surface area contributed by atoms with Crippen LogP contribution in [-0.2, 0) is 11.3 Å². The van der Waals surface area contributed by atoms with E-state index >= 15 is 0 Å². The Morgan fingerprint density at radius 3 is 2.55 bits per heavy atom. The summed E-state index contributed by atoms with van der Waals surface area (Å²) < 4.78 is 0. The number of benzene rings is 2. The van der Waals surface area contributed by atoms with Crippen molar-refractivity contribution in [2.75, 3.05) is 18.9 Å². The SMILES string of the molecule is Cc1ccc(NC(=O)C[NH+](C)Cc2ccccc2Cl)c(Cl)c1. The van der Waals surface area contributed by atoms with Gasteiger partial charge in [-0.05, 0) is 30.7 Å². The van der Waals surface area contributed by atoms with E-state index in [0.29, 0.717) is 23.8 Å². The van der Waals surface area contributed by atoms with Crippen molar-refractivity contribution >= 4 is 34.8 Å². The molecule has 1 amide bonds. The van der Waals surface area contributed by atoms with E-state index in [-0.39, 0.29) is 5.91 Å². The van der Waals surface area contributed by atoms with E-state index in [1.165, 1.54) is 0 Å². The van der Waals surface area contributed by atoms with E-state index in [1.54, 1.807) is 0 Å². The van der Waals surface area contributed by atoms with Crippen molar-refractivity contribution in [2.45, 2.75) is 13.5 Å². The number of quaternary nitrogens is 1. The van der Waals surface area contributed by atoms with Gasteiger partial charge in [0.25, 0.3) is 5.91 Å². The molecule has 0 heterocycles. The third-order valence-corrected chi connectivity index (χ3v) is 3.99. The first-order valence-corrected chi connectivity index (χ1v) is 7.82. The number of rotatable bonds is 5. The van der Waals surface area contributed by atoms with Gasteiger partial charge in [-0.2, -0.15) is 0 Å². The van der Waals surface area contributed by atoms with Crippen molar-refractivity contribution in [2.24, 2.45) is 0 Å². The second kappa shape index (κ2) is 7.63. The van der Waals surface area contributed by atoms with Crippen molar-refractivity contribution in [3.63, 3.8) is 0 Å². The van der Waals surface area contributed by atoms with Crippen LogP contribution in [0.4, 0.5) is 5.69 Å². The highest BCUT2D eigenvalue weighted by Gasteiger charge is 2.13. The zero-order valence-corrected chi connectivity index (χ0v) is 14.1. The molecule has 116 valence electrons. The number of likely N-dealkylation sites (N-methyl/N-ethyl adjacent to an activating group) is 1. The van der Waals surface area contributed by atoms with Crippen LogP contribution < -0.4 is 10.2 Å². The Morgan fingerprint density at radius 2 is 1.86 bits per heavy atom. The molecule has 0 saturated carbocycles. The molecule has 0 fully saturated rings. The summed E-state index contributed by atoms with van der Waals surface area (Å²) in [6, 6.07) is 13.2. The normalized spacial score (nSPS) is 12.0. The minimum absolute atomic E-state index is 0.0738. The molecule has 2 aromatic carbocycles. The number of halogens is 2. The lowest BCUT2D eigenvalue weighted by Crippen LogP contribution is -3.08. The Hall–Kier alpha value is -1.55. The summed E-state index contributed by atoms with van der Waals surface area (Å²) in [4.78, 5) is 13.2. The average Bonchev–Trinajstić information content (AvgIpc) is 2.44. The molecule has 22 heavy (non-hydrogen) atoms. The summed E-state index contributed by atoms with van der Waals surface area (Å²) in [5.74, 6) is -0.0738. The highest BCUT2D eigenvalue weighted by Crippen LogP contribution is 2.22. The number of aryl methyl sites for hydroxylation is 1. The van der Waals surface area contributed by atoms with E-state index in [1.807, 2.05) is 56.4 Å². The standard InChI is InChI=1S/C17H18Cl2N2O/c1-12-7-8-16(15(19)9-12)20-17(22)11-21(2)10-13-5-3-4-6-14(13)18/h3-9H,10-11H2,1-2H3,(H,20,22)/p+1. The maximum atomic E-state index is 12.1. The smallest absolute Gasteiger partial charge is 0.279 e. The van der Waals surface area contributed by atoms with Crippen LogP contribution in [0, 0.1) is 6.92 Å². The van der Waals surface area contributed by atoms with E-state index in [4.69, 9.17) is 23.2 Å². The van der Waals surface area contributed by atoms with E-state index in [0.717, 1.165) is 21.0 Å². The minimum atomic E-state index is -0.0738. The van der Waals surface area contributed by atoms with Gasteiger partial charge in [0.05, 0.1) is 17.8 Å². The first kappa shape index (κ1) is 16.8. The fourth-order valence-electron chi connectivity index (χ4n) is 2.22. The van der Waals surface area contributed by atoms with Crippen molar-refractivity contribution in [1.82, 2.24) is 0 Å². The van der Waals surface area contributed by atoms with Gasteiger partial charge in [0.2, 0.25) is 0 Å². The summed E-state index contributed by atoms with van der Waals surface area (Å²) in [5, 5.41) is 4.12. The van der Waals surface area contributed by atoms with Gasteiger partial charge in [-0.25, -0.2) is 0 Å². The predicted octanol–water partition coefficient (Wildman–Crippen LogP) is 2.96. The van der Waals surface area contributed by atoms with Crippen LogP contribution in [0.25, 0.3) is 0 Å². The molecule has 1 atom stereocenters. The van der Waals surface area contributed by atoms with Crippen LogP contribution in [0.2, 0.25) is 10.0 Å². The van der Waals surface area contributed by atoms with Crippen molar-refractivity contribution in [3.8, 4) is 0 Å². The molecule has 1 unspecified atom stereocenters. The number of carbonyl (C=O) groups is 1. The summed E-state index contributed by atoms with van der Waals surface area (Å²) in [7, 11) is 1.96. The van der Waals surface area contributed by atoms with Crippen LogP contribution in [-0.4, -0.2) is 19.5 Å². The molecule has 2 aromatic rings. The van der Waals surface area contributed by atoms with Crippen molar-refractivity contribution in [1.29, 1.82) is 0 Å². The molecular formula is C17H19Cl2N2O+. The molecule has 5 heteroatoms. The minimum Gasteiger partial charge on any atom is -0.326 e. The lowest BCUT2D eigenvalue weighted by Gasteiger charge is -2.15. The molecule has 0 bridgehead atoms. The zero-order valence-electron chi connectivity index (χ0n) is 12.6. The average molecular weight is 338 g/mol. The maximum absolute atomic E-state index is 12.1. The molecule has 2 N–H and O–H groups in total. The third-order valence-electron chi connectivity index (χ3n) is 3.31. The number of hydrogen-bond acceptors (Lipinski definition) is 1. The number of nitrogens with one attached hydrogen (secondary N) is 2. The number of anilines is 1. The van der Waals surface area contributed by atoms with Crippen LogP contribution >= 0.6 is 23.2 Å². The van der Waals surface area contributed by atoms with Crippen molar-refractivity contribution in [3.05, 3.63) is 63.6 Å². The molecule has 3 nitrogen and oxygen atoms in total. The fourth-order valence-corrected chi connectivity index (χ4v) is 2.70. The molecule has 0 radical (unpaired) electrons. The fraction of sp³-hybridized carbons (Fsp3) is 0.235. The largest absolute Gasteiger partial charge is 0.326 e. The lowest BCUT2D eigenvalue weighted by molar-refractivity contribution is -0.885. The Bertz CT molecular complexity index is 673. The number of carbonyl (C=O) groups excluding carboxylic acids is 1. The van der Waals surface area contributed by atoms with Crippen LogP contribution in [0.3, 0.4) is 0 Å². The summed E-state index contributed by atoms with van der Waals surface area (Å²) in [6.45, 7) is 2.99. The van der Waals surface area contributed by atoms with Gasteiger partial charge < -0.3 is 10.2 Å². The Kier molecular flexibility index (Phi) is 5.83. The Balaban J connectivity index is 1.93. The maximum Gasteiger partial charge on any atom is 0.279 e. The molecule has 0 aliphatic rings. The Morgan fingerprint density at radius 1 is 1.14 bits per heavy atom. The zero-order chi connectivity index (χ0) is 16.1. The molecule has 0 spiro atoms. The molecule has 0 aliphatic carbocycles. The van der Waals surface area contributed by atoms with Crippen molar-refractivity contribution < 1.29 is 9.69 Å². The first-order valence-electron chi connectivity index (χ1n) is 7.06. The number of hydrogen-bond donors (Lipinski definition) is 2. The lowest BCUT2D eigenvalue weighted by atomic mass is 10.2. The monoisotopic (exact) mass is 337 g/mol. The predicted molar refractivity (Wildman–Crippen MR) is 91.7 cm³/mol. The molecule has 0 aromatic heterocycles. The Labute approximate surface area is 140 Å². The second-order valence-electron chi connectivity index (χ2n) is 5.43. The van der Waals surface area contributed by atoms with Gasteiger partial charge in [0.1, 0.15) is 6.54 Å². The summed E-state index contributed by atoms with van der Waals surface area (Å²) >= 11 is 12.3. The quantitative estimate of drug-likeness (QED) is 0.864. The van der Waals surface area contributed by atoms with E-state index < -0.39 is 0 Å². The topological polar surface area (TPSA) is 33.5 Å². The van der Waals surface area contributed by atoms with E-state index in [2.05, 4.69) is 5.32 Å². The summed E-state index contributed by atoms with van der Waals surface area (Å²) in [6.07, 6.45) is 0. The van der Waals surface area contributed by atoms with Gasteiger partial charge in [-0.1, -0.05) is 47.5 Å². The van der Waals surface area contributed by atoms with Gasteiger partial charge in [-0.15, -0.1) is 0 Å². The molecular weight excluding hydrogens is 319 g/mol. The summed E-state index contributed by atoms with van der Waals surface area (Å²) in [5.41, 5.74) is 2.73. The van der Waals surface area contributed by atoms with E-state index in [9.17, 15) is 4.79 Å². The van der Waals surface area contributed by atoms with Gasteiger partial charge in [0.15, 0.2) is 6.54 Å². The van der Waals surface area contributed by atoms with Crippen LogP contribution in [0.1, 0.15) is 11.1 Å². The van der Waals surface area contributed by atoms with Gasteiger partial charge in [-0.3, -0.25) is 4.79 Å². The highest BCUT2D eigenvalue weighted by molar-refractivity contribution is 6.33. The van der Waals surface area contributed by atoms with Crippen LogP contribution in [0.5, 0.6) is 0 Å². The van der Waals surface area contributed by atoms with Crippen LogP contribution in [0.15, 0.2) is 42.5 Å². The number of amides is 1. The second-order valence-corrected chi connectivity index (χ2v) is 6.25. The van der Waals surface area contributed by atoms with Gasteiger partial charge in [0, 0.05) is 10.6 Å².